The average Bonchev–Trinajstić information content (AvgIpc) is 1.27. The average molecular weight is 140 g/mol. The molecule has 0 aromatic rings. The van der Waals surface area contributed by atoms with Crippen molar-refractivity contribution in [2.24, 2.45) is 0 Å². The van der Waals surface area contributed by atoms with Gasteiger partial charge in [-0.3, -0.25) is 0 Å². The molecule has 0 aliphatic carbocycles. The van der Waals surface area contributed by atoms with Gasteiger partial charge >= 0.3 is 45.9 Å². The van der Waals surface area contributed by atoms with Gasteiger partial charge in [-0.1, -0.05) is 0 Å². The Morgan fingerprint density at radius 2 is 1.50 bits per heavy atom. The topological polar surface area (TPSA) is 77.8 Å². The molecule has 0 unspecified atom stereocenters. The number of rotatable bonds is 1. The van der Waals surface area contributed by atoms with Crippen molar-refractivity contribution in [3.05, 3.63) is 0 Å². The predicted octanol–water partition coefficient (Wildman–Crippen LogP) is -0.562. The van der Waals surface area contributed by atoms with Crippen LogP contribution < -0.4 is 0 Å². The molecular formula is C3H9O4P. The van der Waals surface area contributed by atoms with Crippen LogP contribution >= 0.6 is 7.28 Å². The van der Waals surface area contributed by atoms with Crippen LogP contribution in [0.25, 0.3) is 0 Å². The summed E-state index contributed by atoms with van der Waals surface area (Å²) in [5.74, 6) is 0. The fraction of sp³-hybridized carbons (Fsp3) is 0.667. The second-order valence-electron chi connectivity index (χ2n) is 1.91. The zero-order chi connectivity index (χ0) is 7.02. The molecule has 8 heavy (non-hydrogen) atoms. The van der Waals surface area contributed by atoms with E-state index in [2.05, 4.69) is 0 Å². The van der Waals surface area contributed by atoms with E-state index >= 15 is 0 Å². The van der Waals surface area contributed by atoms with Gasteiger partial charge in [-0.25, -0.2) is 0 Å². The summed E-state index contributed by atoms with van der Waals surface area (Å²) in [6.07, 6.45) is 0. The van der Waals surface area contributed by atoms with Crippen LogP contribution in [0.1, 0.15) is 6.92 Å². The van der Waals surface area contributed by atoms with Gasteiger partial charge in [0, 0.05) is 0 Å². The Morgan fingerprint density at radius 1 is 1.38 bits per heavy atom. The van der Waals surface area contributed by atoms with Crippen LogP contribution in [-0.2, 0) is 4.79 Å². The van der Waals surface area contributed by atoms with Crippen molar-refractivity contribution in [3.8, 4) is 0 Å². The van der Waals surface area contributed by atoms with Gasteiger partial charge in [0.15, 0.2) is 0 Å². The maximum absolute atomic E-state index is 10.1. The quantitative estimate of drug-likeness (QED) is 0.426. The van der Waals surface area contributed by atoms with Crippen LogP contribution in [0.15, 0.2) is 0 Å². The molecule has 0 aromatic heterocycles. The van der Waals surface area contributed by atoms with E-state index in [1.54, 1.807) is 0 Å². The SMILES string of the molecule is CC(=O)P(C)(O)(O)O. The van der Waals surface area contributed by atoms with Crippen molar-refractivity contribution in [3.63, 3.8) is 0 Å². The van der Waals surface area contributed by atoms with Crippen LogP contribution in [-0.4, -0.2) is 26.9 Å². The van der Waals surface area contributed by atoms with Gasteiger partial charge < -0.3 is 0 Å². The van der Waals surface area contributed by atoms with E-state index in [1.165, 1.54) is 0 Å². The van der Waals surface area contributed by atoms with E-state index in [1.807, 2.05) is 0 Å². The number of carbonyl (C=O) groups is 1. The first-order valence-corrected chi connectivity index (χ1v) is 4.52. The van der Waals surface area contributed by atoms with Crippen molar-refractivity contribution in [1.29, 1.82) is 0 Å². The summed E-state index contributed by atoms with van der Waals surface area (Å²) < 4.78 is 0. The Morgan fingerprint density at radius 3 is 1.50 bits per heavy atom. The molecule has 0 atom stereocenters. The molecule has 3 N–H and O–H groups in total. The van der Waals surface area contributed by atoms with Gasteiger partial charge in [-0.05, 0) is 0 Å². The van der Waals surface area contributed by atoms with E-state index in [9.17, 15) is 4.79 Å². The molecule has 4 nitrogen and oxygen atoms in total. The van der Waals surface area contributed by atoms with Crippen molar-refractivity contribution < 1.29 is 19.5 Å². The zero-order valence-corrected chi connectivity index (χ0v) is 5.59. The van der Waals surface area contributed by atoms with Gasteiger partial charge in [-0.2, -0.15) is 0 Å². The standard InChI is InChI=1S/C3H9O4P/c1-3(4)8(2,5,6)7/h5-7H,1-2H3. The van der Waals surface area contributed by atoms with Crippen molar-refractivity contribution in [2.45, 2.75) is 6.92 Å². The first-order chi connectivity index (χ1) is 3.20. The van der Waals surface area contributed by atoms with E-state index < -0.39 is 12.8 Å². The van der Waals surface area contributed by atoms with E-state index in [0.29, 0.717) is 0 Å². The van der Waals surface area contributed by atoms with Crippen molar-refractivity contribution in [2.75, 3.05) is 6.66 Å². The van der Waals surface area contributed by atoms with Gasteiger partial charge in [-0.15, -0.1) is 0 Å². The van der Waals surface area contributed by atoms with E-state index in [0.717, 1.165) is 13.6 Å². The third-order valence-corrected chi connectivity index (χ3v) is 2.21. The third kappa shape index (κ3) is 2.33. The summed E-state index contributed by atoms with van der Waals surface area (Å²) in [6, 6.07) is 0. The minimum atomic E-state index is -4.82. The second-order valence-corrected chi connectivity index (χ2v) is 5.32. The molecule has 50 valence electrons. The summed E-state index contributed by atoms with van der Waals surface area (Å²) in [4.78, 5) is 35.5. The summed E-state index contributed by atoms with van der Waals surface area (Å²) in [7, 11) is -4.82. The number of carbonyl (C=O) groups excluding carboxylic acids is 1. The molecule has 0 aromatic carbocycles. The molecule has 0 heterocycles. The molecule has 0 amide bonds. The summed E-state index contributed by atoms with van der Waals surface area (Å²) in [6.45, 7) is 1.66. The maximum atomic E-state index is 10.1. The third-order valence-electron chi connectivity index (χ3n) is 0.737. The van der Waals surface area contributed by atoms with Crippen molar-refractivity contribution >= 4 is 12.8 Å². The van der Waals surface area contributed by atoms with Crippen LogP contribution in [0.4, 0.5) is 0 Å². The first kappa shape index (κ1) is 7.98. The summed E-state index contributed by atoms with van der Waals surface area (Å²) in [5.41, 5.74) is -0.976. The normalized spacial score (nSPS) is 16.9. The molecular weight excluding hydrogens is 131 g/mol. The molecule has 0 aliphatic rings. The summed E-state index contributed by atoms with van der Waals surface area (Å²) in [5, 5.41) is 0. The Labute approximate surface area is 46.9 Å². The van der Waals surface area contributed by atoms with Crippen LogP contribution in [0, 0.1) is 0 Å². The van der Waals surface area contributed by atoms with Crippen LogP contribution in [0.5, 0.6) is 0 Å². The molecule has 0 saturated carbocycles. The van der Waals surface area contributed by atoms with Crippen LogP contribution in [0.2, 0.25) is 0 Å². The second kappa shape index (κ2) is 1.48. The zero-order valence-electron chi connectivity index (χ0n) is 4.70. The van der Waals surface area contributed by atoms with Gasteiger partial charge in [0.2, 0.25) is 0 Å². The fourth-order valence-corrected chi connectivity index (χ4v) is 0. The molecule has 0 saturated heterocycles. The summed E-state index contributed by atoms with van der Waals surface area (Å²) >= 11 is 0. The molecule has 0 bridgehead atoms. The van der Waals surface area contributed by atoms with Crippen molar-refractivity contribution in [1.82, 2.24) is 0 Å². The Hall–Kier alpha value is -0.0200. The Balaban J connectivity index is 4.38. The molecule has 0 radical (unpaired) electrons. The number of hydrogen-bond donors (Lipinski definition) is 3. The first-order valence-electron chi connectivity index (χ1n) is 1.97. The van der Waals surface area contributed by atoms with Crippen LogP contribution in [0.3, 0.4) is 0 Å². The Kier molecular flexibility index (Phi) is 1.48. The fourth-order valence-electron chi connectivity index (χ4n) is 0. The molecule has 5 heteroatoms. The van der Waals surface area contributed by atoms with Gasteiger partial charge in [0.1, 0.15) is 0 Å². The monoisotopic (exact) mass is 140 g/mol. The molecule has 0 rings (SSSR count). The molecule has 0 spiro atoms. The number of hydrogen-bond acceptors (Lipinski definition) is 4. The van der Waals surface area contributed by atoms with Gasteiger partial charge in [0.25, 0.3) is 0 Å². The molecule has 0 aliphatic heterocycles. The van der Waals surface area contributed by atoms with E-state index in [4.69, 9.17) is 14.7 Å². The Bertz CT molecular complexity index is 112. The minimum absolute atomic E-state index is 0.730. The molecule has 0 fully saturated rings. The predicted molar refractivity (Wildman–Crippen MR) is 30.2 cm³/mol. The van der Waals surface area contributed by atoms with E-state index in [-0.39, 0.29) is 0 Å². The van der Waals surface area contributed by atoms with Gasteiger partial charge in [0.05, 0.1) is 0 Å².